The van der Waals surface area contributed by atoms with Crippen LogP contribution in [-0.2, 0) is 20.7 Å². The molecule has 8 nitrogen and oxygen atoms in total. The highest BCUT2D eigenvalue weighted by Crippen LogP contribution is 2.36. The Morgan fingerprint density at radius 2 is 2.23 bits per heavy atom. The first-order chi connectivity index (χ1) is 12.1. The van der Waals surface area contributed by atoms with Crippen LogP contribution in [0, 0.1) is 10.1 Å². The molecule has 1 saturated heterocycles. The van der Waals surface area contributed by atoms with Crippen LogP contribution in [0.2, 0.25) is 0 Å². The summed E-state index contributed by atoms with van der Waals surface area (Å²) in [5.41, 5.74) is 0.946. The molecule has 1 aliphatic rings. The highest BCUT2D eigenvalue weighted by atomic mass is 16.7. The number of nitro groups is 1. The highest BCUT2D eigenvalue weighted by Gasteiger charge is 2.33. The van der Waals surface area contributed by atoms with Gasteiger partial charge in [-0.15, -0.1) is 0 Å². The second kappa shape index (κ2) is 7.84. The van der Waals surface area contributed by atoms with E-state index in [2.05, 4.69) is 0 Å². The van der Waals surface area contributed by atoms with E-state index in [9.17, 15) is 14.9 Å². The summed E-state index contributed by atoms with van der Waals surface area (Å²) in [5.74, 6) is -1.75. The standard InChI is InChI=1S/C18H23NO7/c1-11(5-6-17(20)21)14-9-16(24-4)12(8-15(14)19(22)23)7-13-10-25-18(2,3)26-13/h5-6,8-9,11,13H,7,10H2,1-4H3,(H,20,21)/b6-5+. The molecule has 0 saturated carbocycles. The lowest BCUT2D eigenvalue weighted by atomic mass is 9.94. The van der Waals surface area contributed by atoms with E-state index in [4.69, 9.17) is 19.3 Å². The van der Waals surface area contributed by atoms with Crippen LogP contribution in [0.1, 0.15) is 37.8 Å². The zero-order valence-electron chi connectivity index (χ0n) is 15.2. The molecule has 1 fully saturated rings. The molecule has 8 heteroatoms. The van der Waals surface area contributed by atoms with Crippen molar-refractivity contribution in [2.45, 2.75) is 45.0 Å². The smallest absolute Gasteiger partial charge is 0.327 e. The molecule has 1 heterocycles. The fourth-order valence-corrected chi connectivity index (χ4v) is 2.94. The van der Waals surface area contributed by atoms with Crippen LogP contribution in [0.25, 0.3) is 0 Å². The Morgan fingerprint density at radius 3 is 2.73 bits per heavy atom. The minimum atomic E-state index is -1.11. The Bertz CT molecular complexity index is 726. The molecule has 1 aromatic carbocycles. The Kier molecular flexibility index (Phi) is 5.99. The number of nitrogens with zero attached hydrogens (tertiary/aromatic N) is 1. The summed E-state index contributed by atoms with van der Waals surface area (Å²) in [7, 11) is 1.49. The molecule has 2 unspecified atom stereocenters. The molecule has 0 spiro atoms. The molecule has 1 aliphatic heterocycles. The van der Waals surface area contributed by atoms with Gasteiger partial charge in [-0.05, 0) is 19.9 Å². The third-order valence-corrected chi connectivity index (χ3v) is 4.16. The van der Waals surface area contributed by atoms with Crippen molar-refractivity contribution >= 4 is 11.7 Å². The van der Waals surface area contributed by atoms with Gasteiger partial charge in [0.25, 0.3) is 5.69 Å². The van der Waals surface area contributed by atoms with Crippen molar-refractivity contribution in [1.29, 1.82) is 0 Å². The molecule has 0 aromatic heterocycles. The number of hydrogen-bond donors (Lipinski definition) is 1. The third-order valence-electron chi connectivity index (χ3n) is 4.16. The third kappa shape index (κ3) is 4.80. The first-order valence-corrected chi connectivity index (χ1v) is 8.21. The number of allylic oxidation sites excluding steroid dienone is 1. The quantitative estimate of drug-likeness (QED) is 0.449. The molecular formula is C18H23NO7. The summed E-state index contributed by atoms with van der Waals surface area (Å²) in [4.78, 5) is 21.8. The largest absolute Gasteiger partial charge is 0.496 e. The molecule has 0 bridgehead atoms. The number of methoxy groups -OCH3 is 1. The lowest BCUT2D eigenvalue weighted by Gasteiger charge is -2.18. The predicted molar refractivity (Wildman–Crippen MR) is 93.4 cm³/mol. The van der Waals surface area contributed by atoms with Gasteiger partial charge in [-0.2, -0.15) is 0 Å². The Hall–Kier alpha value is -2.45. The minimum absolute atomic E-state index is 0.0819. The monoisotopic (exact) mass is 365 g/mol. The summed E-state index contributed by atoms with van der Waals surface area (Å²) in [6, 6.07) is 3.05. The van der Waals surface area contributed by atoms with Crippen molar-refractivity contribution in [3.05, 3.63) is 45.5 Å². The van der Waals surface area contributed by atoms with Crippen molar-refractivity contribution in [3.63, 3.8) is 0 Å². The second-order valence-electron chi connectivity index (χ2n) is 6.62. The first-order valence-electron chi connectivity index (χ1n) is 8.21. The van der Waals surface area contributed by atoms with Gasteiger partial charge in [0, 0.05) is 35.6 Å². The maximum absolute atomic E-state index is 11.5. The molecule has 0 aliphatic carbocycles. The van der Waals surface area contributed by atoms with Gasteiger partial charge in [0.1, 0.15) is 5.75 Å². The lowest BCUT2D eigenvalue weighted by molar-refractivity contribution is -0.385. The number of hydrogen-bond acceptors (Lipinski definition) is 6. The van der Waals surface area contributed by atoms with E-state index >= 15 is 0 Å². The van der Waals surface area contributed by atoms with Gasteiger partial charge in [-0.3, -0.25) is 10.1 Å². The zero-order valence-corrected chi connectivity index (χ0v) is 15.2. The van der Waals surface area contributed by atoms with Crippen LogP contribution in [0.5, 0.6) is 5.75 Å². The van der Waals surface area contributed by atoms with E-state index in [1.165, 1.54) is 19.3 Å². The molecule has 2 atom stereocenters. The number of aliphatic carboxylic acids is 1. The number of rotatable bonds is 7. The average Bonchev–Trinajstić information content (AvgIpc) is 2.90. The van der Waals surface area contributed by atoms with Crippen molar-refractivity contribution < 1.29 is 29.0 Å². The molecule has 1 aromatic rings. The lowest BCUT2D eigenvalue weighted by Crippen LogP contribution is -2.22. The van der Waals surface area contributed by atoms with Crippen LogP contribution in [0.15, 0.2) is 24.3 Å². The van der Waals surface area contributed by atoms with E-state index in [1.54, 1.807) is 13.0 Å². The van der Waals surface area contributed by atoms with Crippen molar-refractivity contribution in [1.82, 2.24) is 0 Å². The van der Waals surface area contributed by atoms with E-state index in [1.807, 2.05) is 13.8 Å². The summed E-state index contributed by atoms with van der Waals surface area (Å²) < 4.78 is 16.7. The summed E-state index contributed by atoms with van der Waals surface area (Å²) in [6.07, 6.45) is 2.56. The number of nitro benzene ring substituents is 1. The van der Waals surface area contributed by atoms with Gasteiger partial charge in [-0.1, -0.05) is 13.0 Å². The second-order valence-corrected chi connectivity index (χ2v) is 6.62. The molecule has 142 valence electrons. The molecular weight excluding hydrogens is 342 g/mol. The van der Waals surface area contributed by atoms with Crippen molar-refractivity contribution in [2.24, 2.45) is 0 Å². The van der Waals surface area contributed by atoms with Crippen molar-refractivity contribution in [3.8, 4) is 5.75 Å². The van der Waals surface area contributed by atoms with Gasteiger partial charge in [-0.25, -0.2) is 4.79 Å². The molecule has 2 rings (SSSR count). The molecule has 0 radical (unpaired) electrons. The predicted octanol–water partition coefficient (Wildman–Crippen LogP) is 3.04. The maximum Gasteiger partial charge on any atom is 0.327 e. The molecule has 26 heavy (non-hydrogen) atoms. The van der Waals surface area contributed by atoms with Crippen LogP contribution in [-0.4, -0.2) is 41.6 Å². The number of benzene rings is 1. The number of carboxylic acid groups (broad SMARTS) is 1. The van der Waals surface area contributed by atoms with Crippen LogP contribution in [0.3, 0.4) is 0 Å². The zero-order chi connectivity index (χ0) is 19.5. The van der Waals surface area contributed by atoms with Crippen LogP contribution in [0.4, 0.5) is 5.69 Å². The van der Waals surface area contributed by atoms with Gasteiger partial charge < -0.3 is 19.3 Å². The fourth-order valence-electron chi connectivity index (χ4n) is 2.94. The number of carboxylic acids is 1. The average molecular weight is 365 g/mol. The Morgan fingerprint density at radius 1 is 1.54 bits per heavy atom. The first kappa shape index (κ1) is 19.9. The molecule has 1 N–H and O–H groups in total. The fraction of sp³-hybridized carbons (Fsp3) is 0.500. The van der Waals surface area contributed by atoms with E-state index < -0.39 is 22.6 Å². The van der Waals surface area contributed by atoms with Crippen LogP contribution < -0.4 is 4.74 Å². The number of ether oxygens (including phenoxy) is 3. The molecule has 0 amide bonds. The highest BCUT2D eigenvalue weighted by molar-refractivity contribution is 5.80. The van der Waals surface area contributed by atoms with E-state index in [0.29, 0.717) is 29.9 Å². The van der Waals surface area contributed by atoms with Gasteiger partial charge in [0.15, 0.2) is 5.79 Å². The van der Waals surface area contributed by atoms with E-state index in [-0.39, 0.29) is 11.8 Å². The normalized spacial score (nSPS) is 20.2. The number of carbonyl (C=O) groups is 1. The van der Waals surface area contributed by atoms with E-state index in [0.717, 1.165) is 6.08 Å². The van der Waals surface area contributed by atoms with Gasteiger partial charge in [0.2, 0.25) is 0 Å². The topological polar surface area (TPSA) is 108 Å². The SMILES string of the molecule is COc1cc(C(C)/C=C/C(=O)O)c([N+](=O)[O-])cc1CC1COC(C)(C)O1. The minimum Gasteiger partial charge on any atom is -0.496 e. The summed E-state index contributed by atoms with van der Waals surface area (Å²) in [5, 5.41) is 20.3. The summed E-state index contributed by atoms with van der Waals surface area (Å²) in [6.45, 7) is 5.71. The Labute approximate surface area is 151 Å². The van der Waals surface area contributed by atoms with Gasteiger partial charge in [0.05, 0.1) is 24.7 Å². The van der Waals surface area contributed by atoms with Crippen molar-refractivity contribution in [2.75, 3.05) is 13.7 Å². The van der Waals surface area contributed by atoms with Gasteiger partial charge >= 0.3 is 5.97 Å². The van der Waals surface area contributed by atoms with Crippen LogP contribution >= 0.6 is 0 Å². The maximum atomic E-state index is 11.5. The Balaban J connectivity index is 2.37. The summed E-state index contributed by atoms with van der Waals surface area (Å²) >= 11 is 0.